The molecule has 17 heavy (non-hydrogen) atoms. The van der Waals surface area contributed by atoms with E-state index in [1.165, 1.54) is 0 Å². The number of hydrogen-bond acceptors (Lipinski definition) is 2. The number of unbranched alkanes of at least 4 members (excludes halogenated alkanes) is 1. The molecule has 1 aliphatic heterocycles. The molecule has 5 heteroatoms. The molecule has 0 unspecified atom stereocenters. The number of carbonyl (C=O) groups excluding carboxylic acids is 1. The van der Waals surface area contributed by atoms with E-state index < -0.39 is 5.54 Å². The van der Waals surface area contributed by atoms with E-state index >= 15 is 0 Å². The van der Waals surface area contributed by atoms with E-state index in [-0.39, 0.29) is 5.91 Å². The first-order valence-corrected chi connectivity index (χ1v) is 6.63. The van der Waals surface area contributed by atoms with Gasteiger partial charge in [0, 0.05) is 26.7 Å². The Labute approximate surface area is 109 Å². The molecule has 0 spiro atoms. The normalized spacial score (nSPS) is 19.4. The third-order valence-electron chi connectivity index (χ3n) is 3.26. The Balaban J connectivity index is 2.64. The maximum atomic E-state index is 12.1. The SMILES string of the molecule is CCCCNC(=S)N1CCN(C)C(=O)C1(C)C. The van der Waals surface area contributed by atoms with E-state index in [0.29, 0.717) is 5.11 Å². The molecule has 4 nitrogen and oxygen atoms in total. The van der Waals surface area contributed by atoms with Crippen LogP contribution in [-0.4, -0.2) is 53.0 Å². The molecule has 0 aromatic rings. The number of carbonyl (C=O) groups is 1. The smallest absolute Gasteiger partial charge is 0.247 e. The van der Waals surface area contributed by atoms with Gasteiger partial charge in [-0.05, 0) is 32.5 Å². The second-order valence-electron chi connectivity index (χ2n) is 5.02. The summed E-state index contributed by atoms with van der Waals surface area (Å²) in [4.78, 5) is 15.9. The standard InChI is InChI=1S/C12H23N3OS/c1-5-6-7-13-11(17)15-9-8-14(4)10(16)12(15,2)3/h5-9H2,1-4H3,(H,13,17). The molecule has 1 fully saturated rings. The molecule has 1 rings (SSSR count). The van der Waals surface area contributed by atoms with Gasteiger partial charge in [-0.1, -0.05) is 13.3 Å². The monoisotopic (exact) mass is 257 g/mol. The average Bonchev–Trinajstić information content (AvgIpc) is 2.26. The molecule has 0 radical (unpaired) electrons. The minimum absolute atomic E-state index is 0.128. The summed E-state index contributed by atoms with van der Waals surface area (Å²) in [6.07, 6.45) is 2.24. The lowest BCUT2D eigenvalue weighted by Crippen LogP contribution is -2.65. The number of rotatable bonds is 3. The Hall–Kier alpha value is -0.840. The van der Waals surface area contributed by atoms with Gasteiger partial charge in [0.05, 0.1) is 0 Å². The van der Waals surface area contributed by atoms with Crippen molar-refractivity contribution in [1.82, 2.24) is 15.1 Å². The second-order valence-corrected chi connectivity index (χ2v) is 5.41. The largest absolute Gasteiger partial charge is 0.363 e. The topological polar surface area (TPSA) is 35.6 Å². The third-order valence-corrected chi connectivity index (χ3v) is 3.62. The maximum absolute atomic E-state index is 12.1. The zero-order valence-electron chi connectivity index (χ0n) is 11.2. The highest BCUT2D eigenvalue weighted by Crippen LogP contribution is 2.21. The highest BCUT2D eigenvalue weighted by molar-refractivity contribution is 7.80. The number of nitrogens with one attached hydrogen (secondary N) is 1. The van der Waals surface area contributed by atoms with Crippen LogP contribution in [0.4, 0.5) is 0 Å². The van der Waals surface area contributed by atoms with Crippen LogP contribution in [0.5, 0.6) is 0 Å². The number of hydrogen-bond donors (Lipinski definition) is 1. The summed E-state index contributed by atoms with van der Waals surface area (Å²) in [6, 6.07) is 0. The van der Waals surface area contributed by atoms with E-state index in [2.05, 4.69) is 12.2 Å². The molecule has 0 aliphatic carbocycles. The van der Waals surface area contributed by atoms with Gasteiger partial charge in [0.15, 0.2) is 5.11 Å². The summed E-state index contributed by atoms with van der Waals surface area (Å²) >= 11 is 5.37. The number of thiocarbonyl (C=S) groups is 1. The second kappa shape index (κ2) is 5.67. The molecular formula is C12H23N3OS. The van der Waals surface area contributed by atoms with Crippen LogP contribution in [0.1, 0.15) is 33.6 Å². The van der Waals surface area contributed by atoms with Gasteiger partial charge in [-0.3, -0.25) is 4.79 Å². The first-order chi connectivity index (χ1) is 7.91. The Morgan fingerprint density at radius 3 is 2.71 bits per heavy atom. The summed E-state index contributed by atoms with van der Waals surface area (Å²) in [6.45, 7) is 8.42. The third kappa shape index (κ3) is 3.09. The number of nitrogens with zero attached hydrogens (tertiary/aromatic N) is 2. The predicted octanol–water partition coefficient (Wildman–Crippen LogP) is 1.21. The Morgan fingerprint density at radius 2 is 2.12 bits per heavy atom. The predicted molar refractivity (Wildman–Crippen MR) is 73.9 cm³/mol. The summed E-state index contributed by atoms with van der Waals surface area (Å²) in [5.41, 5.74) is -0.538. The highest BCUT2D eigenvalue weighted by Gasteiger charge is 2.41. The van der Waals surface area contributed by atoms with Gasteiger partial charge in [-0.25, -0.2) is 0 Å². The summed E-state index contributed by atoms with van der Waals surface area (Å²) < 4.78 is 0. The molecule has 1 amide bonds. The van der Waals surface area contributed by atoms with Crippen LogP contribution in [0.25, 0.3) is 0 Å². The molecule has 1 aliphatic rings. The quantitative estimate of drug-likeness (QED) is 0.609. The van der Waals surface area contributed by atoms with Crippen LogP contribution in [-0.2, 0) is 4.79 Å². The van der Waals surface area contributed by atoms with Crippen molar-refractivity contribution >= 4 is 23.2 Å². The fourth-order valence-electron chi connectivity index (χ4n) is 2.04. The van der Waals surface area contributed by atoms with Crippen molar-refractivity contribution in [2.45, 2.75) is 39.2 Å². The fraction of sp³-hybridized carbons (Fsp3) is 0.833. The van der Waals surface area contributed by atoms with Crippen molar-refractivity contribution in [3.05, 3.63) is 0 Å². The van der Waals surface area contributed by atoms with Crippen LogP contribution in [0, 0.1) is 0 Å². The molecule has 0 aromatic carbocycles. The van der Waals surface area contributed by atoms with Crippen molar-refractivity contribution in [1.29, 1.82) is 0 Å². The highest BCUT2D eigenvalue weighted by atomic mass is 32.1. The van der Waals surface area contributed by atoms with Crippen LogP contribution in [0.15, 0.2) is 0 Å². The van der Waals surface area contributed by atoms with E-state index in [0.717, 1.165) is 32.5 Å². The van der Waals surface area contributed by atoms with E-state index in [9.17, 15) is 4.79 Å². The molecule has 0 bridgehead atoms. The number of amides is 1. The van der Waals surface area contributed by atoms with Gasteiger partial charge in [0.2, 0.25) is 5.91 Å². The summed E-state index contributed by atoms with van der Waals surface area (Å²) in [5, 5.41) is 3.93. The van der Waals surface area contributed by atoms with Crippen molar-refractivity contribution < 1.29 is 4.79 Å². The first-order valence-electron chi connectivity index (χ1n) is 6.22. The van der Waals surface area contributed by atoms with Crippen molar-refractivity contribution in [3.8, 4) is 0 Å². The summed E-state index contributed by atoms with van der Waals surface area (Å²) in [5.74, 6) is 0.128. The van der Waals surface area contributed by atoms with Gasteiger partial charge in [-0.15, -0.1) is 0 Å². The molecule has 0 saturated carbocycles. The molecule has 0 aromatic heterocycles. The minimum Gasteiger partial charge on any atom is -0.363 e. The van der Waals surface area contributed by atoms with Crippen LogP contribution < -0.4 is 5.32 Å². The van der Waals surface area contributed by atoms with Crippen LogP contribution >= 0.6 is 12.2 Å². The molecule has 1 N–H and O–H groups in total. The van der Waals surface area contributed by atoms with Crippen molar-refractivity contribution in [2.75, 3.05) is 26.7 Å². The van der Waals surface area contributed by atoms with Gasteiger partial charge in [0.25, 0.3) is 0 Å². The van der Waals surface area contributed by atoms with E-state index in [4.69, 9.17) is 12.2 Å². The van der Waals surface area contributed by atoms with Gasteiger partial charge in [0.1, 0.15) is 5.54 Å². The van der Waals surface area contributed by atoms with E-state index in [1.54, 1.807) is 4.90 Å². The fourth-order valence-corrected chi connectivity index (χ4v) is 2.46. The minimum atomic E-state index is -0.538. The zero-order valence-corrected chi connectivity index (χ0v) is 12.1. The molecule has 98 valence electrons. The number of likely N-dealkylation sites (N-methyl/N-ethyl adjacent to an activating group) is 1. The van der Waals surface area contributed by atoms with Crippen molar-refractivity contribution in [2.24, 2.45) is 0 Å². The molecule has 1 saturated heterocycles. The molecular weight excluding hydrogens is 234 g/mol. The zero-order chi connectivity index (χ0) is 13.1. The number of piperazine rings is 1. The lowest BCUT2D eigenvalue weighted by atomic mass is 9.98. The van der Waals surface area contributed by atoms with Gasteiger partial charge >= 0.3 is 0 Å². The average molecular weight is 257 g/mol. The van der Waals surface area contributed by atoms with Crippen molar-refractivity contribution in [3.63, 3.8) is 0 Å². The molecule has 0 atom stereocenters. The Morgan fingerprint density at radius 1 is 1.47 bits per heavy atom. The maximum Gasteiger partial charge on any atom is 0.247 e. The Bertz CT molecular complexity index is 304. The van der Waals surface area contributed by atoms with Crippen LogP contribution in [0.2, 0.25) is 0 Å². The Kier molecular flexibility index (Phi) is 4.74. The first kappa shape index (κ1) is 14.2. The lowest BCUT2D eigenvalue weighted by Gasteiger charge is -2.46. The van der Waals surface area contributed by atoms with Gasteiger partial charge in [-0.2, -0.15) is 0 Å². The summed E-state index contributed by atoms with van der Waals surface area (Å²) in [7, 11) is 1.84. The van der Waals surface area contributed by atoms with Crippen LogP contribution in [0.3, 0.4) is 0 Å². The molecule has 1 heterocycles. The van der Waals surface area contributed by atoms with Gasteiger partial charge < -0.3 is 15.1 Å². The lowest BCUT2D eigenvalue weighted by molar-refractivity contribution is -0.143. The van der Waals surface area contributed by atoms with E-state index in [1.807, 2.05) is 25.8 Å².